The van der Waals surface area contributed by atoms with Gasteiger partial charge in [0.2, 0.25) is 0 Å². The lowest BCUT2D eigenvalue weighted by molar-refractivity contribution is 0.0982. The van der Waals surface area contributed by atoms with E-state index in [1.54, 1.807) is 40.4 Å². The number of pyridine rings is 1. The number of thioether (sulfide) groups is 1. The molecule has 6 heteroatoms. The zero-order valence-electron chi connectivity index (χ0n) is 17.9. The predicted octanol–water partition coefficient (Wildman–Crippen LogP) is 6.77. The Morgan fingerprint density at radius 2 is 1.94 bits per heavy atom. The second-order valence-corrected chi connectivity index (χ2v) is 9.84. The van der Waals surface area contributed by atoms with Crippen LogP contribution in [0.1, 0.15) is 48.2 Å². The predicted molar refractivity (Wildman–Crippen MR) is 131 cm³/mol. The molecule has 0 bridgehead atoms. The van der Waals surface area contributed by atoms with Crippen molar-refractivity contribution in [1.82, 2.24) is 9.97 Å². The highest BCUT2D eigenvalue weighted by atomic mass is 32.2. The third-order valence-corrected chi connectivity index (χ3v) is 7.02. The van der Waals surface area contributed by atoms with E-state index in [1.807, 2.05) is 36.4 Å². The van der Waals surface area contributed by atoms with Crippen LogP contribution >= 0.6 is 23.1 Å². The average molecular weight is 448 g/mol. The van der Waals surface area contributed by atoms with Crippen LogP contribution in [0.2, 0.25) is 0 Å². The number of nitrogens with zero attached hydrogens (tertiary/aromatic N) is 3. The number of aromatic nitrogens is 2. The summed E-state index contributed by atoms with van der Waals surface area (Å²) in [6, 6.07) is 18.0. The summed E-state index contributed by atoms with van der Waals surface area (Å²) in [6.07, 6.45) is 3.55. The molecule has 4 aromatic rings. The van der Waals surface area contributed by atoms with E-state index in [2.05, 4.69) is 44.0 Å². The number of amides is 1. The fraction of sp³-hybridized carbons (Fsp3) is 0.240. The van der Waals surface area contributed by atoms with Gasteiger partial charge in [-0.25, -0.2) is 4.98 Å². The molecule has 158 valence electrons. The van der Waals surface area contributed by atoms with Crippen molar-refractivity contribution in [3.63, 3.8) is 0 Å². The number of benzene rings is 2. The number of para-hydroxylation sites is 1. The largest absolute Gasteiger partial charge is 0.279 e. The standard InChI is InChI=1S/C25H25N3OS2/c1-4-30-21-12-6-5-10-20(21)24(29)28(16-18-9-8-14-26-15-18)25-27-23-19(17(2)3)11-7-13-22(23)31-25/h5-15,17H,4,16H2,1-3H3. The van der Waals surface area contributed by atoms with Crippen molar-refractivity contribution in [1.29, 1.82) is 0 Å². The van der Waals surface area contributed by atoms with E-state index in [0.717, 1.165) is 26.4 Å². The molecular weight excluding hydrogens is 422 g/mol. The Morgan fingerprint density at radius 3 is 2.68 bits per heavy atom. The summed E-state index contributed by atoms with van der Waals surface area (Å²) in [5, 5.41) is 0.716. The van der Waals surface area contributed by atoms with Gasteiger partial charge in [0.25, 0.3) is 5.91 Å². The Kier molecular flexibility index (Phi) is 6.68. The molecule has 0 unspecified atom stereocenters. The van der Waals surface area contributed by atoms with Crippen molar-refractivity contribution in [2.24, 2.45) is 0 Å². The second kappa shape index (κ2) is 9.62. The SMILES string of the molecule is CCSc1ccccc1C(=O)N(Cc1cccnc1)c1nc2c(C(C)C)cccc2s1. The van der Waals surface area contributed by atoms with Crippen LogP contribution < -0.4 is 4.90 Å². The molecule has 0 N–H and O–H groups in total. The van der Waals surface area contributed by atoms with Gasteiger partial charge in [-0.2, -0.15) is 0 Å². The van der Waals surface area contributed by atoms with Gasteiger partial charge in [-0.05, 0) is 47.1 Å². The van der Waals surface area contributed by atoms with E-state index >= 15 is 0 Å². The summed E-state index contributed by atoms with van der Waals surface area (Å²) in [4.78, 5) is 25.8. The van der Waals surface area contributed by atoms with Gasteiger partial charge in [-0.3, -0.25) is 14.7 Å². The van der Waals surface area contributed by atoms with Gasteiger partial charge in [0.1, 0.15) is 0 Å². The number of carbonyl (C=O) groups is 1. The molecule has 0 radical (unpaired) electrons. The first kappa shape index (κ1) is 21.5. The lowest BCUT2D eigenvalue weighted by Gasteiger charge is -2.21. The van der Waals surface area contributed by atoms with Crippen LogP contribution in [0, 0.1) is 0 Å². The molecule has 31 heavy (non-hydrogen) atoms. The quantitative estimate of drug-likeness (QED) is 0.293. The first-order valence-corrected chi connectivity index (χ1v) is 12.2. The van der Waals surface area contributed by atoms with Crippen LogP contribution in [0.4, 0.5) is 5.13 Å². The van der Waals surface area contributed by atoms with Crippen LogP contribution in [0.3, 0.4) is 0 Å². The monoisotopic (exact) mass is 447 g/mol. The third-order valence-electron chi connectivity index (χ3n) is 5.02. The molecule has 2 aromatic carbocycles. The zero-order chi connectivity index (χ0) is 21.8. The topological polar surface area (TPSA) is 46.1 Å². The molecule has 2 heterocycles. The van der Waals surface area contributed by atoms with Crippen LogP contribution in [0.25, 0.3) is 10.2 Å². The molecule has 0 atom stereocenters. The van der Waals surface area contributed by atoms with Crippen LogP contribution in [0.15, 0.2) is 71.9 Å². The van der Waals surface area contributed by atoms with Gasteiger partial charge < -0.3 is 0 Å². The number of carbonyl (C=O) groups excluding carboxylic acids is 1. The molecule has 4 rings (SSSR count). The number of rotatable bonds is 7. The first-order chi connectivity index (χ1) is 15.1. The first-order valence-electron chi connectivity index (χ1n) is 10.4. The van der Waals surface area contributed by atoms with Crippen molar-refractivity contribution in [2.45, 2.75) is 38.1 Å². The van der Waals surface area contributed by atoms with E-state index in [4.69, 9.17) is 4.98 Å². The third kappa shape index (κ3) is 4.65. The maximum absolute atomic E-state index is 13.8. The molecule has 1 amide bonds. The van der Waals surface area contributed by atoms with E-state index in [9.17, 15) is 4.79 Å². The summed E-state index contributed by atoms with van der Waals surface area (Å²) >= 11 is 3.25. The van der Waals surface area contributed by atoms with Crippen molar-refractivity contribution >= 4 is 44.4 Å². The van der Waals surface area contributed by atoms with Crippen molar-refractivity contribution in [3.8, 4) is 0 Å². The highest BCUT2D eigenvalue weighted by molar-refractivity contribution is 7.99. The van der Waals surface area contributed by atoms with Gasteiger partial charge in [0.15, 0.2) is 5.13 Å². The van der Waals surface area contributed by atoms with Gasteiger partial charge in [-0.15, -0.1) is 11.8 Å². The molecule has 0 spiro atoms. The molecule has 0 saturated carbocycles. The fourth-order valence-corrected chi connectivity index (χ4v) is 5.30. The Hall–Kier alpha value is -2.70. The molecule has 0 fully saturated rings. The van der Waals surface area contributed by atoms with Crippen LogP contribution in [-0.2, 0) is 6.54 Å². The lowest BCUT2D eigenvalue weighted by atomic mass is 10.0. The number of fused-ring (bicyclic) bond motifs is 1. The minimum Gasteiger partial charge on any atom is -0.279 e. The maximum Gasteiger partial charge on any atom is 0.261 e. The number of thiazole rings is 1. The second-order valence-electron chi connectivity index (χ2n) is 7.53. The van der Waals surface area contributed by atoms with E-state index < -0.39 is 0 Å². The van der Waals surface area contributed by atoms with Gasteiger partial charge in [0, 0.05) is 17.3 Å². The fourth-order valence-electron chi connectivity index (χ4n) is 3.51. The molecule has 0 aliphatic heterocycles. The van der Waals surface area contributed by atoms with Gasteiger partial charge >= 0.3 is 0 Å². The molecule has 0 aliphatic carbocycles. The van der Waals surface area contributed by atoms with Gasteiger partial charge in [-0.1, -0.05) is 62.4 Å². The normalized spacial score (nSPS) is 11.2. The van der Waals surface area contributed by atoms with E-state index in [-0.39, 0.29) is 5.91 Å². The highest BCUT2D eigenvalue weighted by Gasteiger charge is 2.24. The maximum atomic E-state index is 13.8. The summed E-state index contributed by atoms with van der Waals surface area (Å²) in [5.74, 6) is 1.24. The lowest BCUT2D eigenvalue weighted by Crippen LogP contribution is -2.30. The minimum absolute atomic E-state index is 0.0365. The molecule has 0 saturated heterocycles. The van der Waals surface area contributed by atoms with Crippen molar-refractivity contribution < 1.29 is 4.79 Å². The summed E-state index contributed by atoms with van der Waals surface area (Å²) in [5.41, 5.74) is 3.87. The Bertz CT molecular complexity index is 1190. The molecule has 4 nitrogen and oxygen atoms in total. The number of hydrogen-bond donors (Lipinski definition) is 0. The summed E-state index contributed by atoms with van der Waals surface area (Å²) < 4.78 is 1.10. The average Bonchev–Trinajstić information content (AvgIpc) is 3.22. The molecule has 0 aliphatic rings. The van der Waals surface area contributed by atoms with Crippen molar-refractivity contribution in [3.05, 3.63) is 83.7 Å². The Labute approximate surface area is 191 Å². The molecular formula is C25H25N3OS2. The highest BCUT2D eigenvalue weighted by Crippen LogP contribution is 2.35. The Balaban J connectivity index is 1.81. The Morgan fingerprint density at radius 1 is 1.10 bits per heavy atom. The van der Waals surface area contributed by atoms with Crippen LogP contribution in [-0.4, -0.2) is 21.6 Å². The van der Waals surface area contributed by atoms with E-state index in [1.165, 1.54) is 5.56 Å². The summed E-state index contributed by atoms with van der Waals surface area (Å²) in [6.45, 7) is 6.87. The van der Waals surface area contributed by atoms with Gasteiger partial charge in [0.05, 0.1) is 22.3 Å². The smallest absolute Gasteiger partial charge is 0.261 e. The van der Waals surface area contributed by atoms with E-state index in [0.29, 0.717) is 23.2 Å². The molecule has 2 aromatic heterocycles. The van der Waals surface area contributed by atoms with Crippen LogP contribution in [0.5, 0.6) is 0 Å². The number of anilines is 1. The minimum atomic E-state index is -0.0365. The summed E-state index contributed by atoms with van der Waals surface area (Å²) in [7, 11) is 0. The number of hydrogen-bond acceptors (Lipinski definition) is 5. The zero-order valence-corrected chi connectivity index (χ0v) is 19.5. The van der Waals surface area contributed by atoms with Crippen molar-refractivity contribution in [2.75, 3.05) is 10.7 Å².